The molecular formula is C17H17ClFNO. The second-order valence-electron chi connectivity index (χ2n) is 5.38. The van der Waals surface area contributed by atoms with Crippen LogP contribution in [0.1, 0.15) is 35.6 Å². The van der Waals surface area contributed by atoms with Crippen LogP contribution in [0.15, 0.2) is 36.4 Å². The molecule has 2 N–H and O–H groups in total. The largest absolute Gasteiger partial charge is 0.489 e. The first-order valence-corrected chi connectivity index (χ1v) is 7.46. The average molecular weight is 306 g/mol. The van der Waals surface area contributed by atoms with E-state index in [4.69, 9.17) is 22.1 Å². The molecule has 0 fully saturated rings. The molecule has 1 atom stereocenters. The molecule has 0 heterocycles. The highest BCUT2D eigenvalue weighted by Gasteiger charge is 2.17. The van der Waals surface area contributed by atoms with Crippen molar-refractivity contribution in [2.45, 2.75) is 31.9 Å². The number of rotatable bonds is 3. The number of aryl methyl sites for hydroxylation is 1. The molecule has 2 aromatic carbocycles. The standard InChI is InChI=1S/C17H17ClFNO/c18-16-8-13(19)6-4-12(16)10-21-14-7-5-11-2-1-3-17(20)15(11)9-14/h4-9,17H,1-3,10,20H2/t17-/m1/s1. The van der Waals surface area contributed by atoms with Crippen molar-refractivity contribution in [3.8, 4) is 5.75 Å². The van der Waals surface area contributed by atoms with Crippen molar-refractivity contribution in [3.05, 3.63) is 63.9 Å². The lowest BCUT2D eigenvalue weighted by molar-refractivity contribution is 0.305. The second kappa shape index (κ2) is 6.04. The molecule has 0 radical (unpaired) electrons. The zero-order chi connectivity index (χ0) is 14.8. The van der Waals surface area contributed by atoms with Crippen LogP contribution >= 0.6 is 11.6 Å². The minimum Gasteiger partial charge on any atom is -0.489 e. The lowest BCUT2D eigenvalue weighted by Gasteiger charge is -2.22. The maximum Gasteiger partial charge on any atom is 0.124 e. The van der Waals surface area contributed by atoms with Gasteiger partial charge in [0.2, 0.25) is 0 Å². The first-order chi connectivity index (χ1) is 10.1. The highest BCUT2D eigenvalue weighted by Crippen LogP contribution is 2.31. The van der Waals surface area contributed by atoms with Gasteiger partial charge < -0.3 is 10.5 Å². The van der Waals surface area contributed by atoms with Crippen molar-refractivity contribution >= 4 is 11.6 Å². The van der Waals surface area contributed by atoms with E-state index in [0.29, 0.717) is 11.6 Å². The van der Waals surface area contributed by atoms with Crippen LogP contribution in [-0.4, -0.2) is 0 Å². The van der Waals surface area contributed by atoms with Gasteiger partial charge in [-0.05, 0) is 54.7 Å². The summed E-state index contributed by atoms with van der Waals surface area (Å²) in [4.78, 5) is 0. The van der Waals surface area contributed by atoms with Crippen LogP contribution in [-0.2, 0) is 13.0 Å². The predicted molar refractivity (Wildman–Crippen MR) is 82.1 cm³/mol. The molecule has 0 bridgehead atoms. The molecule has 1 aliphatic rings. The second-order valence-corrected chi connectivity index (χ2v) is 5.79. The van der Waals surface area contributed by atoms with Crippen molar-refractivity contribution in [2.24, 2.45) is 5.73 Å². The van der Waals surface area contributed by atoms with Crippen LogP contribution < -0.4 is 10.5 Å². The molecule has 0 saturated heterocycles. The van der Waals surface area contributed by atoms with Crippen LogP contribution in [0.3, 0.4) is 0 Å². The van der Waals surface area contributed by atoms with Gasteiger partial charge in [-0.15, -0.1) is 0 Å². The monoisotopic (exact) mass is 305 g/mol. The van der Waals surface area contributed by atoms with Crippen molar-refractivity contribution in [1.82, 2.24) is 0 Å². The Bertz CT molecular complexity index is 659. The fourth-order valence-corrected chi connectivity index (χ4v) is 2.93. The normalized spacial score (nSPS) is 17.4. The Morgan fingerprint density at radius 1 is 1.24 bits per heavy atom. The summed E-state index contributed by atoms with van der Waals surface area (Å²) < 4.78 is 18.8. The van der Waals surface area contributed by atoms with E-state index in [1.165, 1.54) is 23.3 Å². The molecule has 0 spiro atoms. The summed E-state index contributed by atoms with van der Waals surface area (Å²) >= 11 is 5.99. The third kappa shape index (κ3) is 3.20. The van der Waals surface area contributed by atoms with Gasteiger partial charge >= 0.3 is 0 Å². The van der Waals surface area contributed by atoms with Gasteiger partial charge in [-0.1, -0.05) is 23.7 Å². The van der Waals surface area contributed by atoms with Gasteiger partial charge in [0, 0.05) is 11.6 Å². The molecule has 0 unspecified atom stereocenters. The van der Waals surface area contributed by atoms with Gasteiger partial charge in [-0.3, -0.25) is 0 Å². The SMILES string of the molecule is N[C@@H]1CCCc2ccc(OCc3ccc(F)cc3Cl)cc21. The molecule has 1 aliphatic carbocycles. The summed E-state index contributed by atoms with van der Waals surface area (Å²) in [6.07, 6.45) is 3.23. The smallest absolute Gasteiger partial charge is 0.124 e. The van der Waals surface area contributed by atoms with E-state index in [9.17, 15) is 4.39 Å². The van der Waals surface area contributed by atoms with Crippen molar-refractivity contribution in [1.29, 1.82) is 0 Å². The van der Waals surface area contributed by atoms with E-state index in [1.807, 2.05) is 12.1 Å². The van der Waals surface area contributed by atoms with Crippen molar-refractivity contribution < 1.29 is 9.13 Å². The number of nitrogens with two attached hydrogens (primary N) is 1. The Hall–Kier alpha value is -1.58. The Morgan fingerprint density at radius 3 is 2.90 bits per heavy atom. The molecule has 0 aliphatic heterocycles. The van der Waals surface area contributed by atoms with E-state index in [0.717, 1.165) is 30.6 Å². The molecule has 0 aromatic heterocycles. The maximum atomic E-state index is 13.0. The molecule has 2 aromatic rings. The number of hydrogen-bond acceptors (Lipinski definition) is 2. The number of hydrogen-bond donors (Lipinski definition) is 1. The van der Waals surface area contributed by atoms with Crippen LogP contribution in [0.25, 0.3) is 0 Å². The fraction of sp³-hybridized carbons (Fsp3) is 0.294. The van der Waals surface area contributed by atoms with Gasteiger partial charge in [0.25, 0.3) is 0 Å². The highest BCUT2D eigenvalue weighted by atomic mass is 35.5. The van der Waals surface area contributed by atoms with Gasteiger partial charge in [0.15, 0.2) is 0 Å². The van der Waals surface area contributed by atoms with Crippen molar-refractivity contribution in [2.75, 3.05) is 0 Å². The Morgan fingerprint density at radius 2 is 2.10 bits per heavy atom. The fourth-order valence-electron chi connectivity index (χ4n) is 2.70. The number of ether oxygens (including phenoxy) is 1. The number of halogens is 2. The Kier molecular flexibility index (Phi) is 4.13. The Labute approximate surface area is 128 Å². The van der Waals surface area contributed by atoms with Gasteiger partial charge in [-0.2, -0.15) is 0 Å². The van der Waals surface area contributed by atoms with E-state index < -0.39 is 0 Å². The Balaban J connectivity index is 1.75. The zero-order valence-corrected chi connectivity index (χ0v) is 12.4. The van der Waals surface area contributed by atoms with Crippen LogP contribution in [0.2, 0.25) is 5.02 Å². The zero-order valence-electron chi connectivity index (χ0n) is 11.6. The molecule has 0 saturated carbocycles. The first-order valence-electron chi connectivity index (χ1n) is 7.08. The minimum absolute atomic E-state index is 0.0895. The lowest BCUT2D eigenvalue weighted by Crippen LogP contribution is -2.17. The molecule has 0 amide bonds. The number of fused-ring (bicyclic) bond motifs is 1. The van der Waals surface area contributed by atoms with E-state index in [2.05, 4.69) is 6.07 Å². The molecule has 110 valence electrons. The first kappa shape index (κ1) is 14.4. The van der Waals surface area contributed by atoms with Gasteiger partial charge in [0.1, 0.15) is 18.2 Å². The van der Waals surface area contributed by atoms with Crippen LogP contribution in [0, 0.1) is 5.82 Å². The van der Waals surface area contributed by atoms with E-state index in [-0.39, 0.29) is 11.9 Å². The topological polar surface area (TPSA) is 35.2 Å². The maximum absolute atomic E-state index is 13.0. The summed E-state index contributed by atoms with van der Waals surface area (Å²) in [5, 5.41) is 0.379. The highest BCUT2D eigenvalue weighted by molar-refractivity contribution is 6.31. The van der Waals surface area contributed by atoms with Gasteiger partial charge in [-0.25, -0.2) is 4.39 Å². The summed E-state index contributed by atoms with van der Waals surface area (Å²) in [5.41, 5.74) is 9.39. The summed E-state index contributed by atoms with van der Waals surface area (Å²) in [6, 6.07) is 10.4. The van der Waals surface area contributed by atoms with Crippen LogP contribution in [0.5, 0.6) is 5.75 Å². The minimum atomic E-state index is -0.344. The number of benzene rings is 2. The predicted octanol–water partition coefficient (Wildman–Crippen LogP) is 4.39. The molecule has 3 rings (SSSR count). The molecule has 2 nitrogen and oxygen atoms in total. The van der Waals surface area contributed by atoms with Gasteiger partial charge in [0.05, 0.1) is 5.02 Å². The average Bonchev–Trinajstić information content (AvgIpc) is 2.47. The molecular weight excluding hydrogens is 289 g/mol. The van der Waals surface area contributed by atoms with Crippen LogP contribution in [0.4, 0.5) is 4.39 Å². The lowest BCUT2D eigenvalue weighted by atomic mass is 9.88. The molecule has 4 heteroatoms. The van der Waals surface area contributed by atoms with E-state index >= 15 is 0 Å². The summed E-state index contributed by atoms with van der Waals surface area (Å²) in [6.45, 7) is 0.313. The third-order valence-corrected chi connectivity index (χ3v) is 4.24. The molecule has 21 heavy (non-hydrogen) atoms. The quantitative estimate of drug-likeness (QED) is 0.912. The summed E-state index contributed by atoms with van der Waals surface area (Å²) in [7, 11) is 0. The third-order valence-electron chi connectivity index (χ3n) is 3.89. The van der Waals surface area contributed by atoms with Crippen molar-refractivity contribution in [3.63, 3.8) is 0 Å². The summed E-state index contributed by atoms with van der Waals surface area (Å²) in [5.74, 6) is 0.426. The van der Waals surface area contributed by atoms with E-state index in [1.54, 1.807) is 6.07 Å².